The first-order chi connectivity index (χ1) is 16.8. The third kappa shape index (κ3) is 4.92. The topological polar surface area (TPSA) is 178 Å². The first kappa shape index (κ1) is 24.8. The molecule has 5 N–H and O–H groups in total. The highest BCUT2D eigenvalue weighted by Crippen LogP contribution is 2.32. The minimum Gasteiger partial charge on any atom is -0.468 e. The fourth-order valence-corrected chi connectivity index (χ4v) is 4.36. The molecule has 2 aliphatic heterocycles. The lowest BCUT2D eigenvalue weighted by molar-refractivity contribution is -0.148. The molecule has 5 atom stereocenters. The summed E-state index contributed by atoms with van der Waals surface area (Å²) in [5.74, 6) is 5.25. The summed E-state index contributed by atoms with van der Waals surface area (Å²) in [7, 11) is 1.37. The van der Waals surface area contributed by atoms with Gasteiger partial charge in [0.1, 0.15) is 23.8 Å². The number of methoxy groups -OCH3 is 1. The number of piperidine rings is 1. The number of nitrogens with one attached hydrogen (secondary N) is 1. The van der Waals surface area contributed by atoms with Crippen LogP contribution >= 0.6 is 0 Å². The number of imidazole rings is 1. The molecule has 0 aromatic carbocycles. The highest BCUT2D eigenvalue weighted by atomic mass is 16.6. The zero-order valence-corrected chi connectivity index (χ0v) is 19.5. The Hall–Kier alpha value is -3.31. The number of nitrogens with two attached hydrogens (primary N) is 1. The van der Waals surface area contributed by atoms with Crippen molar-refractivity contribution in [3.05, 3.63) is 12.2 Å². The Morgan fingerprint density at radius 3 is 2.86 bits per heavy atom. The third-order valence-corrected chi connectivity index (χ3v) is 6.14. The number of amides is 1. The molecular weight excluding hydrogens is 458 g/mol. The number of esters is 1. The maximum atomic E-state index is 12.2. The Balaban J connectivity index is 1.57. The van der Waals surface area contributed by atoms with Gasteiger partial charge in [-0.25, -0.2) is 15.0 Å². The Morgan fingerprint density at radius 2 is 2.11 bits per heavy atom. The van der Waals surface area contributed by atoms with Gasteiger partial charge in [-0.3, -0.25) is 19.1 Å². The molecule has 188 valence electrons. The van der Waals surface area contributed by atoms with Crippen LogP contribution < -0.4 is 11.1 Å². The van der Waals surface area contributed by atoms with Crippen molar-refractivity contribution in [2.45, 2.75) is 56.8 Å². The summed E-state index contributed by atoms with van der Waals surface area (Å²) in [6.45, 7) is 3.14. The molecule has 4 rings (SSSR count). The molecule has 13 heteroatoms. The van der Waals surface area contributed by atoms with Gasteiger partial charge in [0.05, 0.1) is 20.0 Å². The van der Waals surface area contributed by atoms with Crippen molar-refractivity contribution in [1.29, 1.82) is 0 Å². The predicted molar refractivity (Wildman–Crippen MR) is 122 cm³/mol. The van der Waals surface area contributed by atoms with Crippen LogP contribution in [-0.2, 0) is 19.1 Å². The molecule has 35 heavy (non-hydrogen) atoms. The Kier molecular flexibility index (Phi) is 7.46. The quantitative estimate of drug-likeness (QED) is 0.286. The fraction of sp³-hybridized carbons (Fsp3) is 0.591. The van der Waals surface area contributed by atoms with Crippen LogP contribution in [0.1, 0.15) is 38.2 Å². The van der Waals surface area contributed by atoms with Crippen LogP contribution in [0, 0.1) is 11.8 Å². The van der Waals surface area contributed by atoms with E-state index in [9.17, 15) is 19.8 Å². The van der Waals surface area contributed by atoms with E-state index in [4.69, 9.17) is 15.2 Å². The summed E-state index contributed by atoms with van der Waals surface area (Å²) in [5.41, 5.74) is 6.56. The van der Waals surface area contributed by atoms with Crippen molar-refractivity contribution in [2.75, 3.05) is 32.5 Å². The summed E-state index contributed by atoms with van der Waals surface area (Å²) >= 11 is 0. The summed E-state index contributed by atoms with van der Waals surface area (Å²) in [5, 5.41) is 23.4. The average molecular weight is 488 g/mol. The van der Waals surface area contributed by atoms with Gasteiger partial charge in [0, 0.05) is 6.54 Å². The maximum absolute atomic E-state index is 12.2. The first-order valence-electron chi connectivity index (χ1n) is 11.5. The number of ether oxygens (including phenoxy) is 2. The third-order valence-electron chi connectivity index (χ3n) is 6.14. The highest BCUT2D eigenvalue weighted by molar-refractivity contribution is 5.83. The van der Waals surface area contributed by atoms with Crippen LogP contribution in [0.3, 0.4) is 0 Å². The van der Waals surface area contributed by atoms with Gasteiger partial charge in [-0.1, -0.05) is 12.3 Å². The van der Waals surface area contributed by atoms with E-state index in [0.29, 0.717) is 13.1 Å². The number of aliphatic hydroxyl groups is 2. The zero-order valence-electron chi connectivity index (χ0n) is 19.5. The van der Waals surface area contributed by atoms with E-state index in [-0.39, 0.29) is 34.8 Å². The van der Waals surface area contributed by atoms with Gasteiger partial charge in [-0.2, -0.15) is 0 Å². The van der Waals surface area contributed by atoms with Gasteiger partial charge >= 0.3 is 5.97 Å². The number of nitrogen functional groups attached to an aromatic ring is 1. The van der Waals surface area contributed by atoms with Gasteiger partial charge in [0.2, 0.25) is 5.82 Å². The molecule has 4 heterocycles. The molecular formula is C22H29N7O6. The van der Waals surface area contributed by atoms with E-state index >= 15 is 0 Å². The molecule has 13 nitrogen and oxygen atoms in total. The second-order valence-electron chi connectivity index (χ2n) is 8.39. The Morgan fingerprint density at radius 1 is 1.31 bits per heavy atom. The molecule has 2 aliphatic rings. The molecule has 2 fully saturated rings. The fourth-order valence-electron chi connectivity index (χ4n) is 4.36. The number of aromatic nitrogens is 4. The summed E-state index contributed by atoms with van der Waals surface area (Å²) < 4.78 is 12.0. The smallest absolute Gasteiger partial charge is 0.323 e. The van der Waals surface area contributed by atoms with Crippen molar-refractivity contribution < 1.29 is 29.3 Å². The van der Waals surface area contributed by atoms with Crippen molar-refractivity contribution >= 4 is 28.9 Å². The van der Waals surface area contributed by atoms with Crippen LogP contribution in [0.4, 0.5) is 5.82 Å². The molecule has 2 aromatic heterocycles. The summed E-state index contributed by atoms with van der Waals surface area (Å²) in [4.78, 5) is 39.0. The number of likely N-dealkylation sites (tertiary alicyclic amines) is 1. The molecule has 2 aromatic rings. The minimum absolute atomic E-state index is 0.0803. The number of hydrogen-bond acceptors (Lipinski definition) is 11. The largest absolute Gasteiger partial charge is 0.468 e. The molecule has 1 amide bonds. The lowest BCUT2D eigenvalue weighted by Gasteiger charge is -2.31. The van der Waals surface area contributed by atoms with Crippen molar-refractivity contribution in [3.8, 4) is 11.8 Å². The summed E-state index contributed by atoms with van der Waals surface area (Å²) in [6.07, 6.45) is -1.22. The van der Waals surface area contributed by atoms with Crippen LogP contribution in [0.2, 0.25) is 0 Å². The number of rotatable bonds is 5. The summed E-state index contributed by atoms with van der Waals surface area (Å²) in [6, 6.07) is -0.330. The lowest BCUT2D eigenvalue weighted by Crippen LogP contribution is -2.45. The van der Waals surface area contributed by atoms with Gasteiger partial charge in [-0.15, -0.1) is 0 Å². The molecule has 2 saturated heterocycles. The molecule has 0 bridgehead atoms. The van der Waals surface area contributed by atoms with E-state index in [1.807, 2.05) is 4.90 Å². The van der Waals surface area contributed by atoms with Crippen molar-refractivity contribution in [1.82, 2.24) is 29.7 Å². The number of carbonyl (C=O) groups excluding carboxylic acids is 2. The zero-order chi connectivity index (χ0) is 25.1. The number of aliphatic hydroxyl groups excluding tert-OH is 2. The Labute approximate surface area is 201 Å². The SMILES string of the molecule is CCNC(=O)[C@H]1O[C@@H](n2cnc3c(N)nc(C#CCN4CCCCC4C(=O)OC)nc32)[C@@H](O)C1O. The van der Waals surface area contributed by atoms with E-state index in [2.05, 4.69) is 32.1 Å². The van der Waals surface area contributed by atoms with Crippen molar-refractivity contribution in [3.63, 3.8) is 0 Å². The Bertz CT molecular complexity index is 1160. The van der Waals surface area contributed by atoms with Crippen molar-refractivity contribution in [2.24, 2.45) is 0 Å². The monoisotopic (exact) mass is 487 g/mol. The minimum atomic E-state index is -1.44. The van der Waals surface area contributed by atoms with E-state index < -0.39 is 30.4 Å². The van der Waals surface area contributed by atoms with E-state index in [1.165, 1.54) is 18.0 Å². The molecule has 0 spiro atoms. The van der Waals surface area contributed by atoms with E-state index in [1.54, 1.807) is 6.92 Å². The number of likely N-dealkylation sites (N-methyl/N-ethyl adjacent to an activating group) is 1. The van der Waals surface area contributed by atoms with Crippen LogP contribution in [0.5, 0.6) is 0 Å². The number of nitrogens with zero attached hydrogens (tertiary/aromatic N) is 5. The van der Waals surface area contributed by atoms with Gasteiger partial charge < -0.3 is 30.7 Å². The number of hydrogen-bond donors (Lipinski definition) is 4. The van der Waals surface area contributed by atoms with Gasteiger partial charge in [-0.05, 0) is 32.2 Å². The second kappa shape index (κ2) is 10.5. The highest BCUT2D eigenvalue weighted by Gasteiger charge is 2.47. The van der Waals surface area contributed by atoms with Crippen LogP contribution in [0.15, 0.2) is 6.33 Å². The molecule has 0 radical (unpaired) electrons. The van der Waals surface area contributed by atoms with Crippen LogP contribution in [-0.4, -0.2) is 97.6 Å². The molecule has 0 saturated carbocycles. The number of fused-ring (bicyclic) bond motifs is 1. The lowest BCUT2D eigenvalue weighted by atomic mass is 10.0. The number of anilines is 1. The first-order valence-corrected chi connectivity index (χ1v) is 11.5. The van der Waals surface area contributed by atoms with E-state index in [0.717, 1.165) is 25.8 Å². The maximum Gasteiger partial charge on any atom is 0.323 e. The standard InChI is InChI=1S/C22H29N7O6/c1-3-24-20(32)17-15(30)16(31)21(35-17)29-11-25-14-18(23)26-13(27-19(14)29)8-6-10-28-9-5-4-7-12(28)22(33)34-2/h11-12,15-17,21,30-31H,3-5,7,9-10H2,1-2H3,(H,24,32)(H2,23,26,27)/t12?,15?,16-,17-,21+/m0/s1. The number of carbonyl (C=O) groups is 2. The predicted octanol–water partition coefficient (Wildman–Crippen LogP) is -1.46. The molecule has 0 aliphatic carbocycles. The van der Waals surface area contributed by atoms with Crippen LogP contribution in [0.25, 0.3) is 11.2 Å². The second-order valence-corrected chi connectivity index (χ2v) is 8.39. The normalized spacial score (nSPS) is 26.8. The van der Waals surface area contributed by atoms with Gasteiger partial charge in [0.15, 0.2) is 23.8 Å². The molecule has 2 unspecified atom stereocenters. The van der Waals surface area contributed by atoms with Gasteiger partial charge in [0.25, 0.3) is 5.91 Å². The average Bonchev–Trinajstić information content (AvgIpc) is 3.40.